The van der Waals surface area contributed by atoms with E-state index in [1.54, 1.807) is 0 Å². The number of rotatable bonds is 3. The van der Waals surface area contributed by atoms with E-state index in [0.29, 0.717) is 6.54 Å². The Labute approximate surface area is 99.3 Å². The Balaban J connectivity index is 1.74. The van der Waals surface area contributed by atoms with E-state index in [1.807, 2.05) is 30.3 Å². The summed E-state index contributed by atoms with van der Waals surface area (Å²) in [5.41, 5.74) is 0.993. The van der Waals surface area contributed by atoms with Crippen LogP contribution in [0.25, 0.3) is 0 Å². The molecular weight excluding hydrogens is 222 g/mol. The average Bonchev–Trinajstić information content (AvgIpc) is 2.74. The third-order valence-corrected chi connectivity index (χ3v) is 2.54. The molecule has 1 amide bonds. The fourth-order valence-corrected chi connectivity index (χ4v) is 1.59. The molecular formula is C12H15NO4. The van der Waals surface area contributed by atoms with Crippen molar-refractivity contribution in [2.75, 3.05) is 13.2 Å². The molecule has 0 bridgehead atoms. The van der Waals surface area contributed by atoms with Gasteiger partial charge in [0.05, 0.1) is 13.2 Å². The van der Waals surface area contributed by atoms with Crippen LogP contribution in [0.3, 0.4) is 0 Å². The molecule has 0 aromatic heterocycles. The van der Waals surface area contributed by atoms with Crippen LogP contribution < -0.4 is 5.32 Å². The second kappa shape index (κ2) is 5.65. The molecule has 0 spiro atoms. The molecule has 1 aliphatic rings. The standard InChI is InChI=1S/C12H15NO4/c14-10-7-16-8-11(10)17-12(15)13-6-9-4-2-1-3-5-9/h1-5,10-11,14H,6-8H2,(H,13,15)/t10-,11-/m1/s1. The molecule has 92 valence electrons. The summed E-state index contributed by atoms with van der Waals surface area (Å²) < 4.78 is 10.00. The predicted molar refractivity (Wildman–Crippen MR) is 60.4 cm³/mol. The summed E-state index contributed by atoms with van der Waals surface area (Å²) in [7, 11) is 0. The van der Waals surface area contributed by atoms with Gasteiger partial charge in [-0.05, 0) is 5.56 Å². The van der Waals surface area contributed by atoms with Gasteiger partial charge in [0, 0.05) is 6.54 Å². The number of benzene rings is 1. The number of hydrogen-bond acceptors (Lipinski definition) is 4. The Kier molecular flexibility index (Phi) is 3.95. The van der Waals surface area contributed by atoms with Crippen LogP contribution in [0.5, 0.6) is 0 Å². The summed E-state index contributed by atoms with van der Waals surface area (Å²) in [6.07, 6.45) is -1.83. The number of carbonyl (C=O) groups excluding carboxylic acids is 1. The highest BCUT2D eigenvalue weighted by Gasteiger charge is 2.29. The Morgan fingerprint density at radius 1 is 1.41 bits per heavy atom. The first kappa shape index (κ1) is 11.9. The van der Waals surface area contributed by atoms with Crippen molar-refractivity contribution in [2.24, 2.45) is 0 Å². The highest BCUT2D eigenvalue weighted by molar-refractivity contribution is 5.67. The van der Waals surface area contributed by atoms with E-state index >= 15 is 0 Å². The highest BCUT2D eigenvalue weighted by Crippen LogP contribution is 2.09. The van der Waals surface area contributed by atoms with Crippen molar-refractivity contribution in [1.82, 2.24) is 5.32 Å². The van der Waals surface area contributed by atoms with E-state index in [2.05, 4.69) is 5.32 Å². The predicted octanol–water partition coefficient (Wildman–Crippen LogP) is 0.673. The first-order chi connectivity index (χ1) is 8.25. The van der Waals surface area contributed by atoms with Crippen molar-refractivity contribution < 1.29 is 19.4 Å². The molecule has 2 N–H and O–H groups in total. The molecule has 2 rings (SSSR count). The molecule has 1 aromatic rings. The van der Waals surface area contributed by atoms with Crippen LogP contribution in [-0.4, -0.2) is 36.6 Å². The zero-order chi connectivity index (χ0) is 12.1. The fraction of sp³-hybridized carbons (Fsp3) is 0.417. The minimum atomic E-state index is -0.725. The quantitative estimate of drug-likeness (QED) is 0.811. The fourth-order valence-electron chi connectivity index (χ4n) is 1.59. The van der Waals surface area contributed by atoms with E-state index in [0.717, 1.165) is 5.56 Å². The molecule has 1 aliphatic heterocycles. The minimum Gasteiger partial charge on any atom is -0.441 e. The lowest BCUT2D eigenvalue weighted by atomic mass is 10.2. The normalized spacial score (nSPS) is 23.4. The Morgan fingerprint density at radius 3 is 2.82 bits per heavy atom. The second-order valence-corrected chi connectivity index (χ2v) is 3.89. The number of aliphatic hydroxyl groups is 1. The van der Waals surface area contributed by atoms with E-state index in [4.69, 9.17) is 9.47 Å². The molecule has 17 heavy (non-hydrogen) atoms. The number of nitrogens with one attached hydrogen (secondary N) is 1. The van der Waals surface area contributed by atoms with Gasteiger partial charge in [-0.1, -0.05) is 30.3 Å². The van der Waals surface area contributed by atoms with E-state index in [9.17, 15) is 9.90 Å². The largest absolute Gasteiger partial charge is 0.441 e. The van der Waals surface area contributed by atoms with Gasteiger partial charge >= 0.3 is 6.09 Å². The lowest BCUT2D eigenvalue weighted by Gasteiger charge is -2.14. The van der Waals surface area contributed by atoms with Crippen LogP contribution in [0.4, 0.5) is 4.79 Å². The second-order valence-electron chi connectivity index (χ2n) is 3.89. The summed E-state index contributed by atoms with van der Waals surface area (Å²) >= 11 is 0. The van der Waals surface area contributed by atoms with Crippen LogP contribution in [-0.2, 0) is 16.0 Å². The number of hydrogen-bond donors (Lipinski definition) is 2. The van der Waals surface area contributed by atoms with Gasteiger partial charge in [-0.3, -0.25) is 0 Å². The lowest BCUT2D eigenvalue weighted by Crippen LogP contribution is -2.34. The molecule has 5 nitrogen and oxygen atoms in total. The molecule has 1 saturated heterocycles. The smallest absolute Gasteiger partial charge is 0.407 e. The van der Waals surface area contributed by atoms with Crippen molar-refractivity contribution in [1.29, 1.82) is 0 Å². The van der Waals surface area contributed by atoms with Crippen LogP contribution in [0.15, 0.2) is 30.3 Å². The molecule has 0 unspecified atom stereocenters. The molecule has 1 aromatic carbocycles. The number of alkyl carbamates (subject to hydrolysis) is 1. The van der Waals surface area contributed by atoms with Crippen molar-refractivity contribution in [3.05, 3.63) is 35.9 Å². The molecule has 0 saturated carbocycles. The number of ether oxygens (including phenoxy) is 2. The van der Waals surface area contributed by atoms with E-state index in [1.165, 1.54) is 0 Å². The summed E-state index contributed by atoms with van der Waals surface area (Å²) in [5, 5.41) is 12.0. The topological polar surface area (TPSA) is 67.8 Å². The van der Waals surface area contributed by atoms with Crippen molar-refractivity contribution >= 4 is 6.09 Å². The van der Waals surface area contributed by atoms with Crippen LogP contribution in [0.1, 0.15) is 5.56 Å². The maximum Gasteiger partial charge on any atom is 0.407 e. The van der Waals surface area contributed by atoms with Crippen molar-refractivity contribution in [2.45, 2.75) is 18.8 Å². The monoisotopic (exact) mass is 237 g/mol. The highest BCUT2D eigenvalue weighted by atomic mass is 16.6. The summed E-state index contributed by atoms with van der Waals surface area (Å²) in [4.78, 5) is 11.4. The molecule has 1 heterocycles. The van der Waals surface area contributed by atoms with Gasteiger partial charge in [0.2, 0.25) is 0 Å². The molecule has 2 atom stereocenters. The van der Waals surface area contributed by atoms with Gasteiger partial charge in [-0.15, -0.1) is 0 Å². The first-order valence-corrected chi connectivity index (χ1v) is 5.50. The van der Waals surface area contributed by atoms with Crippen LogP contribution in [0, 0.1) is 0 Å². The lowest BCUT2D eigenvalue weighted by molar-refractivity contribution is 0.0324. The Bertz CT molecular complexity index is 368. The SMILES string of the molecule is O=C(NCc1ccccc1)O[C@@H]1COC[C@H]1O. The van der Waals surface area contributed by atoms with Crippen molar-refractivity contribution in [3.63, 3.8) is 0 Å². The Morgan fingerprint density at radius 2 is 2.18 bits per heavy atom. The van der Waals surface area contributed by atoms with Crippen molar-refractivity contribution in [3.8, 4) is 0 Å². The maximum absolute atomic E-state index is 11.4. The van der Waals surface area contributed by atoms with Gasteiger partial charge < -0.3 is 19.9 Å². The first-order valence-electron chi connectivity index (χ1n) is 5.50. The third kappa shape index (κ3) is 3.44. The molecule has 1 fully saturated rings. The van der Waals surface area contributed by atoms with Gasteiger partial charge in [-0.25, -0.2) is 4.79 Å². The molecule has 0 radical (unpaired) electrons. The number of carbonyl (C=O) groups is 1. The summed E-state index contributed by atoms with van der Waals surface area (Å²) in [6.45, 7) is 0.875. The Hall–Kier alpha value is -1.59. The molecule has 5 heteroatoms. The van der Waals surface area contributed by atoms with Gasteiger partial charge in [0.25, 0.3) is 0 Å². The van der Waals surface area contributed by atoms with Gasteiger partial charge in [0.1, 0.15) is 6.10 Å². The summed E-state index contributed by atoms with van der Waals surface area (Å²) in [6, 6.07) is 9.53. The third-order valence-electron chi connectivity index (χ3n) is 2.54. The zero-order valence-electron chi connectivity index (χ0n) is 9.33. The maximum atomic E-state index is 11.4. The minimum absolute atomic E-state index is 0.219. The zero-order valence-corrected chi connectivity index (χ0v) is 9.33. The van der Waals surface area contributed by atoms with Crippen LogP contribution >= 0.6 is 0 Å². The van der Waals surface area contributed by atoms with Crippen LogP contribution in [0.2, 0.25) is 0 Å². The number of amides is 1. The van der Waals surface area contributed by atoms with E-state index < -0.39 is 18.3 Å². The van der Waals surface area contributed by atoms with Gasteiger partial charge in [-0.2, -0.15) is 0 Å². The van der Waals surface area contributed by atoms with Gasteiger partial charge in [0.15, 0.2) is 6.10 Å². The average molecular weight is 237 g/mol. The van der Waals surface area contributed by atoms with E-state index in [-0.39, 0.29) is 13.2 Å². The summed E-state index contributed by atoms with van der Waals surface area (Å²) in [5.74, 6) is 0. The number of aliphatic hydroxyl groups excluding tert-OH is 1. The molecule has 0 aliphatic carbocycles.